The summed E-state index contributed by atoms with van der Waals surface area (Å²) in [6.07, 6.45) is 2.28. The van der Waals surface area contributed by atoms with E-state index < -0.39 is 0 Å². The minimum absolute atomic E-state index is 0.0858. The van der Waals surface area contributed by atoms with Gasteiger partial charge in [0.25, 0.3) is 5.89 Å². The summed E-state index contributed by atoms with van der Waals surface area (Å²) < 4.78 is 5.39. The highest BCUT2D eigenvalue weighted by molar-refractivity contribution is 5.63. The van der Waals surface area contributed by atoms with E-state index in [1.54, 1.807) is 0 Å². The molecule has 2 heterocycles. The predicted molar refractivity (Wildman–Crippen MR) is 75.2 cm³/mol. The summed E-state index contributed by atoms with van der Waals surface area (Å²) in [5.74, 6) is 1.36. The van der Waals surface area contributed by atoms with Gasteiger partial charge in [0.15, 0.2) is 5.82 Å². The average molecular weight is 257 g/mol. The number of hydrogen-bond donors (Lipinski definition) is 1. The van der Waals surface area contributed by atoms with Gasteiger partial charge in [-0.1, -0.05) is 25.9 Å². The van der Waals surface area contributed by atoms with Gasteiger partial charge < -0.3 is 9.84 Å². The van der Waals surface area contributed by atoms with Crippen LogP contribution in [0.2, 0.25) is 0 Å². The van der Waals surface area contributed by atoms with Crippen molar-refractivity contribution in [2.75, 3.05) is 11.9 Å². The van der Waals surface area contributed by atoms with E-state index in [-0.39, 0.29) is 5.41 Å². The average Bonchev–Trinajstić information content (AvgIpc) is 2.87. The maximum Gasteiger partial charge on any atom is 0.257 e. The molecule has 1 aromatic heterocycles. The molecule has 4 nitrogen and oxygen atoms in total. The van der Waals surface area contributed by atoms with E-state index in [2.05, 4.69) is 48.4 Å². The third-order valence-corrected chi connectivity index (χ3v) is 3.39. The Hall–Kier alpha value is -1.84. The fourth-order valence-electron chi connectivity index (χ4n) is 2.25. The molecule has 1 aliphatic rings. The highest BCUT2D eigenvalue weighted by Gasteiger charge is 2.22. The van der Waals surface area contributed by atoms with Gasteiger partial charge in [0, 0.05) is 23.2 Å². The molecule has 1 N–H and O–H groups in total. The Morgan fingerprint density at radius 1 is 1.26 bits per heavy atom. The van der Waals surface area contributed by atoms with Crippen molar-refractivity contribution in [3.8, 4) is 11.5 Å². The summed E-state index contributed by atoms with van der Waals surface area (Å²) in [4.78, 5) is 4.50. The molecule has 100 valence electrons. The molecular formula is C15H19N3O. The lowest BCUT2D eigenvalue weighted by molar-refractivity contribution is 0.402. The van der Waals surface area contributed by atoms with Crippen LogP contribution < -0.4 is 5.32 Å². The molecule has 0 fully saturated rings. The van der Waals surface area contributed by atoms with Crippen molar-refractivity contribution in [3.63, 3.8) is 0 Å². The molecule has 0 unspecified atom stereocenters. The zero-order valence-electron chi connectivity index (χ0n) is 11.7. The van der Waals surface area contributed by atoms with E-state index in [0.29, 0.717) is 5.89 Å². The first-order valence-electron chi connectivity index (χ1n) is 6.75. The number of rotatable bonds is 1. The Balaban J connectivity index is 1.96. The molecule has 3 rings (SSSR count). The van der Waals surface area contributed by atoms with Crippen molar-refractivity contribution in [2.24, 2.45) is 0 Å². The molecule has 0 bridgehead atoms. The molecule has 19 heavy (non-hydrogen) atoms. The molecule has 1 aromatic carbocycles. The van der Waals surface area contributed by atoms with Crippen LogP contribution >= 0.6 is 0 Å². The quantitative estimate of drug-likeness (QED) is 0.850. The van der Waals surface area contributed by atoms with Gasteiger partial charge >= 0.3 is 0 Å². The van der Waals surface area contributed by atoms with Crippen LogP contribution in [0, 0.1) is 0 Å². The lowest BCUT2D eigenvalue weighted by Crippen LogP contribution is -2.13. The SMILES string of the molecule is CC(C)(C)c1noc(-c2ccc3c(c2)CCCN3)n1. The molecule has 1 aliphatic heterocycles. The second-order valence-electron chi connectivity index (χ2n) is 6.08. The van der Waals surface area contributed by atoms with Crippen molar-refractivity contribution in [1.82, 2.24) is 10.1 Å². The van der Waals surface area contributed by atoms with E-state index in [4.69, 9.17) is 4.52 Å². The van der Waals surface area contributed by atoms with Crippen molar-refractivity contribution in [3.05, 3.63) is 29.6 Å². The maximum atomic E-state index is 5.39. The molecule has 0 saturated heterocycles. The Labute approximate surface area is 113 Å². The molecule has 4 heteroatoms. The predicted octanol–water partition coefficient (Wildman–Crippen LogP) is 3.39. The number of hydrogen-bond acceptors (Lipinski definition) is 4. The number of benzene rings is 1. The highest BCUT2D eigenvalue weighted by atomic mass is 16.5. The third-order valence-electron chi connectivity index (χ3n) is 3.39. The van der Waals surface area contributed by atoms with Crippen LogP contribution in [0.25, 0.3) is 11.5 Å². The van der Waals surface area contributed by atoms with Crippen molar-refractivity contribution in [2.45, 2.75) is 39.0 Å². The zero-order valence-corrected chi connectivity index (χ0v) is 11.7. The Kier molecular flexibility index (Phi) is 2.81. The standard InChI is InChI=1S/C15H19N3O/c1-15(2,3)14-17-13(19-18-14)11-6-7-12-10(9-11)5-4-8-16-12/h6-7,9,16H,4-5,8H2,1-3H3. The maximum absolute atomic E-state index is 5.39. The summed E-state index contributed by atoms with van der Waals surface area (Å²) in [5.41, 5.74) is 3.48. The lowest BCUT2D eigenvalue weighted by Gasteiger charge is -2.17. The van der Waals surface area contributed by atoms with E-state index in [9.17, 15) is 0 Å². The number of fused-ring (bicyclic) bond motifs is 1. The number of aromatic nitrogens is 2. The van der Waals surface area contributed by atoms with E-state index in [1.807, 2.05) is 6.07 Å². The molecule has 0 radical (unpaired) electrons. The second kappa shape index (κ2) is 4.37. The lowest BCUT2D eigenvalue weighted by atomic mass is 9.96. The highest BCUT2D eigenvalue weighted by Crippen LogP contribution is 2.29. The second-order valence-corrected chi connectivity index (χ2v) is 6.08. The molecule has 2 aromatic rings. The van der Waals surface area contributed by atoms with Crippen molar-refractivity contribution >= 4 is 5.69 Å². The minimum atomic E-state index is -0.0858. The largest absolute Gasteiger partial charge is 0.385 e. The third kappa shape index (κ3) is 2.35. The van der Waals surface area contributed by atoms with Gasteiger partial charge in [-0.15, -0.1) is 0 Å². The Bertz CT molecular complexity index is 596. The van der Waals surface area contributed by atoms with Crippen LogP contribution in [0.15, 0.2) is 22.7 Å². The van der Waals surface area contributed by atoms with Gasteiger partial charge in [0.05, 0.1) is 0 Å². The molecule has 0 aliphatic carbocycles. The van der Waals surface area contributed by atoms with Crippen LogP contribution in [0.1, 0.15) is 38.6 Å². The normalized spacial score (nSPS) is 14.9. The van der Waals surface area contributed by atoms with Crippen LogP contribution in [-0.2, 0) is 11.8 Å². The van der Waals surface area contributed by atoms with Crippen molar-refractivity contribution in [1.29, 1.82) is 0 Å². The summed E-state index contributed by atoms with van der Waals surface area (Å²) in [7, 11) is 0. The number of nitrogens with one attached hydrogen (secondary N) is 1. The summed E-state index contributed by atoms with van der Waals surface area (Å²) in [6, 6.07) is 6.29. The summed E-state index contributed by atoms with van der Waals surface area (Å²) in [6.45, 7) is 7.30. The number of nitrogens with zero attached hydrogens (tertiary/aromatic N) is 2. The number of anilines is 1. The van der Waals surface area contributed by atoms with Crippen LogP contribution in [-0.4, -0.2) is 16.7 Å². The Morgan fingerprint density at radius 2 is 2.11 bits per heavy atom. The van der Waals surface area contributed by atoms with E-state index >= 15 is 0 Å². The van der Waals surface area contributed by atoms with Crippen LogP contribution in [0.4, 0.5) is 5.69 Å². The first-order chi connectivity index (χ1) is 9.04. The summed E-state index contributed by atoms with van der Waals surface area (Å²) in [5, 5.41) is 7.48. The molecule has 0 spiro atoms. The Morgan fingerprint density at radius 3 is 2.84 bits per heavy atom. The minimum Gasteiger partial charge on any atom is -0.385 e. The van der Waals surface area contributed by atoms with Gasteiger partial charge in [0.1, 0.15) is 0 Å². The molecule has 0 amide bonds. The van der Waals surface area contributed by atoms with Gasteiger partial charge in [0.2, 0.25) is 0 Å². The summed E-state index contributed by atoms with van der Waals surface area (Å²) >= 11 is 0. The fourth-order valence-corrected chi connectivity index (χ4v) is 2.25. The molecular weight excluding hydrogens is 238 g/mol. The van der Waals surface area contributed by atoms with Gasteiger partial charge in [-0.2, -0.15) is 4.98 Å². The van der Waals surface area contributed by atoms with E-state index in [1.165, 1.54) is 17.7 Å². The smallest absolute Gasteiger partial charge is 0.257 e. The van der Waals surface area contributed by atoms with Crippen LogP contribution in [0.3, 0.4) is 0 Å². The fraction of sp³-hybridized carbons (Fsp3) is 0.467. The van der Waals surface area contributed by atoms with Gasteiger partial charge in [-0.3, -0.25) is 0 Å². The molecule has 0 atom stereocenters. The van der Waals surface area contributed by atoms with Crippen LogP contribution in [0.5, 0.6) is 0 Å². The van der Waals surface area contributed by atoms with E-state index in [0.717, 1.165) is 24.4 Å². The van der Waals surface area contributed by atoms with Gasteiger partial charge in [-0.05, 0) is 36.6 Å². The van der Waals surface area contributed by atoms with Gasteiger partial charge in [-0.25, -0.2) is 0 Å². The zero-order chi connectivity index (χ0) is 13.5. The topological polar surface area (TPSA) is 51.0 Å². The first kappa shape index (κ1) is 12.2. The molecule has 0 saturated carbocycles. The first-order valence-corrected chi connectivity index (χ1v) is 6.75. The van der Waals surface area contributed by atoms with Crippen molar-refractivity contribution < 1.29 is 4.52 Å². The number of aryl methyl sites for hydroxylation is 1. The monoisotopic (exact) mass is 257 g/mol.